The highest BCUT2D eigenvalue weighted by molar-refractivity contribution is 5.68. The second kappa shape index (κ2) is 5.01. The summed E-state index contributed by atoms with van der Waals surface area (Å²) >= 11 is 0. The van der Waals surface area contributed by atoms with Crippen molar-refractivity contribution in [1.29, 1.82) is 5.26 Å². The van der Waals surface area contributed by atoms with E-state index in [1.54, 1.807) is 24.5 Å². The van der Waals surface area contributed by atoms with E-state index in [9.17, 15) is 10.1 Å². The Morgan fingerprint density at radius 1 is 1.44 bits per heavy atom. The fourth-order valence-corrected chi connectivity index (χ4v) is 1.56. The van der Waals surface area contributed by atoms with E-state index in [2.05, 4.69) is 5.32 Å². The molecule has 6 nitrogen and oxygen atoms in total. The van der Waals surface area contributed by atoms with Crippen LogP contribution in [0.1, 0.15) is 11.1 Å². The van der Waals surface area contributed by atoms with E-state index in [0.717, 1.165) is 5.56 Å². The van der Waals surface area contributed by atoms with Gasteiger partial charge in [0.15, 0.2) is 0 Å². The molecule has 0 saturated heterocycles. The molecular weight excluding hydrogens is 234 g/mol. The lowest BCUT2D eigenvalue weighted by atomic mass is 10.1. The molecule has 1 aromatic carbocycles. The number of benzene rings is 1. The van der Waals surface area contributed by atoms with Crippen molar-refractivity contribution < 1.29 is 9.34 Å². The fraction of sp³-hybridized carbons (Fsp3) is 0.0833. The maximum atomic E-state index is 11.0. The second-order valence-corrected chi connectivity index (χ2v) is 3.56. The van der Waals surface area contributed by atoms with Crippen LogP contribution in [0.15, 0.2) is 41.2 Å². The molecule has 2 aromatic rings. The minimum atomic E-state index is -0.559. The Morgan fingerprint density at radius 2 is 2.28 bits per heavy atom. The molecule has 0 amide bonds. The predicted octanol–water partition coefficient (Wildman–Crippen LogP) is 2.67. The summed E-state index contributed by atoms with van der Waals surface area (Å²) in [6, 6.07) is 8.15. The fourth-order valence-electron chi connectivity index (χ4n) is 1.56. The zero-order valence-corrected chi connectivity index (χ0v) is 9.29. The Hall–Kier alpha value is -2.81. The number of nitro benzene ring substituents is 1. The van der Waals surface area contributed by atoms with Crippen LogP contribution < -0.4 is 5.32 Å². The molecule has 0 aliphatic rings. The van der Waals surface area contributed by atoms with Gasteiger partial charge in [-0.25, -0.2) is 0 Å². The lowest BCUT2D eigenvalue weighted by Gasteiger charge is -2.06. The molecule has 0 saturated carbocycles. The summed E-state index contributed by atoms with van der Waals surface area (Å²) in [6.07, 6.45) is 3.07. The first kappa shape index (κ1) is 11.7. The molecule has 0 spiro atoms. The van der Waals surface area contributed by atoms with Crippen molar-refractivity contribution in [2.45, 2.75) is 6.54 Å². The van der Waals surface area contributed by atoms with E-state index in [0.29, 0.717) is 12.2 Å². The highest BCUT2D eigenvalue weighted by Crippen LogP contribution is 2.28. The molecule has 2 rings (SSSR count). The number of rotatable bonds is 4. The molecule has 0 fully saturated rings. The van der Waals surface area contributed by atoms with E-state index < -0.39 is 4.92 Å². The third-order valence-corrected chi connectivity index (χ3v) is 2.40. The van der Waals surface area contributed by atoms with Crippen LogP contribution in [0.4, 0.5) is 11.4 Å². The summed E-state index contributed by atoms with van der Waals surface area (Å²) in [5, 5.41) is 22.7. The number of nitriles is 1. The van der Waals surface area contributed by atoms with Crippen molar-refractivity contribution in [2.75, 3.05) is 5.32 Å². The van der Waals surface area contributed by atoms with Crippen molar-refractivity contribution in [3.8, 4) is 6.07 Å². The summed E-state index contributed by atoms with van der Waals surface area (Å²) in [5.41, 5.74) is 1.02. The Bertz CT molecular complexity index is 600. The Balaban J connectivity index is 2.27. The number of nitrogens with one attached hydrogen (secondary N) is 1. The summed E-state index contributed by atoms with van der Waals surface area (Å²) in [6.45, 7) is 0.395. The van der Waals surface area contributed by atoms with Crippen LogP contribution in [0.3, 0.4) is 0 Å². The molecular formula is C12H9N3O3. The van der Waals surface area contributed by atoms with Gasteiger partial charge in [0, 0.05) is 12.1 Å². The highest BCUT2D eigenvalue weighted by Gasteiger charge is 2.19. The molecule has 0 aliphatic carbocycles. The molecule has 0 radical (unpaired) electrons. The SMILES string of the molecule is N#Cc1cccc(NCc2ccoc2)c1[N+](=O)[O-]. The van der Waals surface area contributed by atoms with Crippen molar-refractivity contribution in [3.05, 3.63) is 58.0 Å². The first-order chi connectivity index (χ1) is 8.72. The normalized spacial score (nSPS) is 9.72. The molecule has 1 N–H and O–H groups in total. The maximum Gasteiger partial charge on any atom is 0.309 e. The number of hydrogen-bond donors (Lipinski definition) is 1. The Morgan fingerprint density at radius 3 is 2.89 bits per heavy atom. The van der Waals surface area contributed by atoms with Crippen molar-refractivity contribution in [1.82, 2.24) is 0 Å². The van der Waals surface area contributed by atoms with Crippen molar-refractivity contribution in [2.24, 2.45) is 0 Å². The predicted molar refractivity (Wildman–Crippen MR) is 63.8 cm³/mol. The van der Waals surface area contributed by atoms with E-state index in [1.165, 1.54) is 12.3 Å². The molecule has 1 heterocycles. The zero-order valence-electron chi connectivity index (χ0n) is 9.29. The third kappa shape index (κ3) is 2.30. The smallest absolute Gasteiger partial charge is 0.309 e. The van der Waals surface area contributed by atoms with Crippen LogP contribution in [0.2, 0.25) is 0 Å². The van der Waals surface area contributed by atoms with Gasteiger partial charge in [-0.1, -0.05) is 6.07 Å². The van der Waals surface area contributed by atoms with Crippen LogP contribution in [0, 0.1) is 21.4 Å². The lowest BCUT2D eigenvalue weighted by Crippen LogP contribution is -2.03. The zero-order chi connectivity index (χ0) is 13.0. The Labute approximate surface area is 103 Å². The average Bonchev–Trinajstić information content (AvgIpc) is 2.88. The van der Waals surface area contributed by atoms with Gasteiger partial charge in [-0.15, -0.1) is 0 Å². The minimum absolute atomic E-state index is 0.0391. The maximum absolute atomic E-state index is 11.0. The summed E-state index contributed by atoms with van der Waals surface area (Å²) in [7, 11) is 0. The molecule has 1 aromatic heterocycles. The van der Waals surface area contributed by atoms with Gasteiger partial charge in [-0.3, -0.25) is 10.1 Å². The van der Waals surface area contributed by atoms with Crippen LogP contribution in [0.5, 0.6) is 0 Å². The molecule has 0 unspecified atom stereocenters. The van der Waals surface area contributed by atoms with Gasteiger partial charge in [0.2, 0.25) is 0 Å². The number of nitro groups is 1. The van der Waals surface area contributed by atoms with Crippen LogP contribution in [-0.4, -0.2) is 4.92 Å². The average molecular weight is 243 g/mol. The highest BCUT2D eigenvalue weighted by atomic mass is 16.6. The van der Waals surface area contributed by atoms with E-state index in [4.69, 9.17) is 9.68 Å². The number of furan rings is 1. The molecule has 0 aliphatic heterocycles. The summed E-state index contributed by atoms with van der Waals surface area (Å²) < 4.78 is 4.90. The van der Waals surface area contributed by atoms with Gasteiger partial charge in [-0.2, -0.15) is 5.26 Å². The first-order valence-electron chi connectivity index (χ1n) is 5.15. The molecule has 6 heteroatoms. The van der Waals surface area contributed by atoms with Crippen molar-refractivity contribution >= 4 is 11.4 Å². The van der Waals surface area contributed by atoms with Gasteiger partial charge in [0.25, 0.3) is 0 Å². The summed E-state index contributed by atoms with van der Waals surface area (Å²) in [4.78, 5) is 10.4. The second-order valence-electron chi connectivity index (χ2n) is 3.56. The van der Waals surface area contributed by atoms with Crippen LogP contribution in [-0.2, 0) is 6.54 Å². The van der Waals surface area contributed by atoms with E-state index in [1.807, 2.05) is 6.07 Å². The third-order valence-electron chi connectivity index (χ3n) is 2.40. The molecule has 18 heavy (non-hydrogen) atoms. The molecule has 90 valence electrons. The number of anilines is 1. The quantitative estimate of drug-likeness (QED) is 0.658. The van der Waals surface area contributed by atoms with Gasteiger partial charge < -0.3 is 9.73 Å². The Kier molecular flexibility index (Phi) is 3.25. The van der Waals surface area contributed by atoms with Gasteiger partial charge in [0.1, 0.15) is 17.3 Å². The van der Waals surface area contributed by atoms with Crippen LogP contribution in [0.25, 0.3) is 0 Å². The molecule has 0 bridgehead atoms. The standard InChI is InChI=1S/C12H9N3O3/c13-6-10-2-1-3-11(12(10)15(16)17)14-7-9-4-5-18-8-9/h1-5,8,14H,7H2. The number of nitrogens with zero attached hydrogens (tertiary/aromatic N) is 2. The number of hydrogen-bond acceptors (Lipinski definition) is 5. The minimum Gasteiger partial charge on any atom is -0.472 e. The van der Waals surface area contributed by atoms with Crippen molar-refractivity contribution in [3.63, 3.8) is 0 Å². The van der Waals surface area contributed by atoms with Gasteiger partial charge in [0.05, 0.1) is 17.4 Å². The van der Waals surface area contributed by atoms with E-state index in [-0.39, 0.29) is 11.3 Å². The van der Waals surface area contributed by atoms with Gasteiger partial charge >= 0.3 is 5.69 Å². The largest absolute Gasteiger partial charge is 0.472 e. The topological polar surface area (TPSA) is 92.1 Å². The van der Waals surface area contributed by atoms with Crippen LogP contribution >= 0.6 is 0 Å². The number of para-hydroxylation sites is 1. The molecule has 0 atom stereocenters. The first-order valence-corrected chi connectivity index (χ1v) is 5.15. The summed E-state index contributed by atoms with van der Waals surface area (Å²) in [5.74, 6) is 0. The van der Waals surface area contributed by atoms with Gasteiger partial charge in [-0.05, 0) is 18.2 Å². The van der Waals surface area contributed by atoms with E-state index >= 15 is 0 Å². The monoisotopic (exact) mass is 243 g/mol. The lowest BCUT2D eigenvalue weighted by molar-refractivity contribution is -0.384.